The molecule has 2 fully saturated rings. The number of carbonyl (C=O) groups excluding carboxylic acids is 1. The first-order chi connectivity index (χ1) is 8.20. The molecule has 0 saturated carbocycles. The van der Waals surface area contributed by atoms with Gasteiger partial charge in [-0.3, -0.25) is 4.79 Å². The van der Waals surface area contributed by atoms with E-state index in [1.165, 1.54) is 12.8 Å². The summed E-state index contributed by atoms with van der Waals surface area (Å²) in [6.45, 7) is 3.01. The standard InChI is InChI=1S/C13H20N2O2/c1-3-6-14-13(16)9(2)15-8-10-7-11-4-5-12(10)17-11/h1,9-12,15H,4-8H2,2H3,(H,14,16). The number of fused-ring (bicyclic) bond motifs is 2. The third-order valence-electron chi connectivity index (χ3n) is 3.68. The lowest BCUT2D eigenvalue weighted by molar-refractivity contribution is -0.122. The molecule has 2 saturated heterocycles. The SMILES string of the molecule is C#CCNC(=O)C(C)NCC1CC2CCC1O2. The first kappa shape index (κ1) is 12.4. The lowest BCUT2D eigenvalue weighted by atomic mass is 9.89. The van der Waals surface area contributed by atoms with Gasteiger partial charge in [0.05, 0.1) is 24.8 Å². The van der Waals surface area contributed by atoms with Crippen molar-refractivity contribution in [1.29, 1.82) is 0 Å². The molecular weight excluding hydrogens is 216 g/mol. The number of hydrogen-bond donors (Lipinski definition) is 2. The lowest BCUT2D eigenvalue weighted by Gasteiger charge is -2.21. The maximum atomic E-state index is 11.6. The van der Waals surface area contributed by atoms with Gasteiger partial charge in [0.2, 0.25) is 5.91 Å². The molecule has 17 heavy (non-hydrogen) atoms. The Kier molecular flexibility index (Phi) is 4.03. The predicted molar refractivity (Wildman–Crippen MR) is 65.3 cm³/mol. The molecule has 2 N–H and O–H groups in total. The highest BCUT2D eigenvalue weighted by Crippen LogP contribution is 2.38. The molecule has 4 atom stereocenters. The molecule has 0 aromatic carbocycles. The second-order valence-corrected chi connectivity index (χ2v) is 4.92. The minimum Gasteiger partial charge on any atom is -0.375 e. The number of terminal acetylenes is 1. The second kappa shape index (κ2) is 5.52. The molecule has 4 unspecified atom stereocenters. The van der Waals surface area contributed by atoms with E-state index in [-0.39, 0.29) is 11.9 Å². The quantitative estimate of drug-likeness (QED) is 0.674. The average Bonchev–Trinajstić information content (AvgIpc) is 2.94. The summed E-state index contributed by atoms with van der Waals surface area (Å²) in [6, 6.07) is -0.192. The van der Waals surface area contributed by atoms with E-state index in [0.29, 0.717) is 24.7 Å². The molecule has 0 aromatic heterocycles. The first-order valence-electron chi connectivity index (χ1n) is 6.30. The van der Waals surface area contributed by atoms with Crippen LogP contribution in [0, 0.1) is 18.3 Å². The Hall–Kier alpha value is -1.05. The summed E-state index contributed by atoms with van der Waals surface area (Å²) < 4.78 is 5.78. The number of ether oxygens (including phenoxy) is 1. The van der Waals surface area contributed by atoms with Gasteiger partial charge in [-0.15, -0.1) is 6.42 Å². The van der Waals surface area contributed by atoms with Crippen molar-refractivity contribution in [3.8, 4) is 12.3 Å². The summed E-state index contributed by atoms with van der Waals surface area (Å²) >= 11 is 0. The van der Waals surface area contributed by atoms with Crippen LogP contribution in [0.2, 0.25) is 0 Å². The van der Waals surface area contributed by atoms with Crippen molar-refractivity contribution >= 4 is 5.91 Å². The minimum absolute atomic E-state index is 0.0352. The summed E-state index contributed by atoms with van der Waals surface area (Å²) in [5.41, 5.74) is 0. The molecule has 2 aliphatic heterocycles. The number of amides is 1. The van der Waals surface area contributed by atoms with Gasteiger partial charge in [-0.1, -0.05) is 5.92 Å². The van der Waals surface area contributed by atoms with Crippen LogP contribution in [0.25, 0.3) is 0 Å². The molecular formula is C13H20N2O2. The monoisotopic (exact) mass is 236 g/mol. The molecule has 2 heterocycles. The van der Waals surface area contributed by atoms with E-state index in [1.54, 1.807) is 0 Å². The summed E-state index contributed by atoms with van der Waals surface area (Å²) in [5.74, 6) is 2.92. The fraction of sp³-hybridized carbons (Fsp3) is 0.769. The lowest BCUT2D eigenvalue weighted by Crippen LogP contribution is -2.44. The Morgan fingerprint density at radius 1 is 1.59 bits per heavy atom. The van der Waals surface area contributed by atoms with Gasteiger partial charge in [-0.25, -0.2) is 0 Å². The first-order valence-corrected chi connectivity index (χ1v) is 6.30. The smallest absolute Gasteiger partial charge is 0.237 e. The normalized spacial score (nSPS) is 32.1. The summed E-state index contributed by atoms with van der Waals surface area (Å²) in [7, 11) is 0. The molecule has 2 rings (SSSR count). The van der Waals surface area contributed by atoms with E-state index in [9.17, 15) is 4.79 Å². The van der Waals surface area contributed by atoms with E-state index in [4.69, 9.17) is 11.2 Å². The molecule has 2 aliphatic rings. The van der Waals surface area contributed by atoms with Crippen molar-refractivity contribution in [3.63, 3.8) is 0 Å². The topological polar surface area (TPSA) is 50.4 Å². The molecule has 0 aromatic rings. The van der Waals surface area contributed by atoms with Gasteiger partial charge < -0.3 is 15.4 Å². The third-order valence-corrected chi connectivity index (χ3v) is 3.68. The fourth-order valence-electron chi connectivity index (χ4n) is 2.67. The van der Waals surface area contributed by atoms with Gasteiger partial charge >= 0.3 is 0 Å². The van der Waals surface area contributed by atoms with E-state index in [2.05, 4.69) is 16.6 Å². The molecule has 4 heteroatoms. The maximum absolute atomic E-state index is 11.6. The highest BCUT2D eigenvalue weighted by molar-refractivity contribution is 5.81. The van der Waals surface area contributed by atoms with E-state index < -0.39 is 0 Å². The average molecular weight is 236 g/mol. The minimum atomic E-state index is -0.192. The molecule has 0 spiro atoms. The Morgan fingerprint density at radius 2 is 2.41 bits per heavy atom. The predicted octanol–water partition coefficient (Wildman–Crippen LogP) is 0.281. The number of rotatable bonds is 5. The van der Waals surface area contributed by atoms with Gasteiger partial charge in [-0.05, 0) is 26.2 Å². The zero-order chi connectivity index (χ0) is 12.3. The molecule has 2 bridgehead atoms. The third kappa shape index (κ3) is 2.99. The Bertz CT molecular complexity index is 324. The largest absolute Gasteiger partial charge is 0.375 e. The van der Waals surface area contributed by atoms with Crippen LogP contribution in [0.1, 0.15) is 26.2 Å². The molecule has 0 aliphatic carbocycles. The zero-order valence-corrected chi connectivity index (χ0v) is 10.2. The van der Waals surface area contributed by atoms with Crippen LogP contribution in [0.3, 0.4) is 0 Å². The highest BCUT2D eigenvalue weighted by Gasteiger charge is 2.40. The van der Waals surface area contributed by atoms with E-state index >= 15 is 0 Å². The molecule has 4 nitrogen and oxygen atoms in total. The van der Waals surface area contributed by atoms with Gasteiger partial charge in [-0.2, -0.15) is 0 Å². The van der Waals surface area contributed by atoms with Crippen LogP contribution in [0.4, 0.5) is 0 Å². The van der Waals surface area contributed by atoms with Gasteiger partial charge in [0, 0.05) is 12.5 Å². The van der Waals surface area contributed by atoms with Crippen LogP contribution in [0.15, 0.2) is 0 Å². The molecule has 1 amide bonds. The summed E-state index contributed by atoms with van der Waals surface area (Å²) in [6.07, 6.45) is 9.49. The molecule has 94 valence electrons. The van der Waals surface area contributed by atoms with Crippen LogP contribution < -0.4 is 10.6 Å². The zero-order valence-electron chi connectivity index (χ0n) is 10.2. The Morgan fingerprint density at radius 3 is 3.00 bits per heavy atom. The van der Waals surface area contributed by atoms with Crippen LogP contribution in [-0.2, 0) is 9.53 Å². The summed E-state index contributed by atoms with van der Waals surface area (Å²) in [4.78, 5) is 11.6. The van der Waals surface area contributed by atoms with Gasteiger partial charge in [0.25, 0.3) is 0 Å². The van der Waals surface area contributed by atoms with Crippen molar-refractivity contribution in [2.45, 2.75) is 44.4 Å². The van der Waals surface area contributed by atoms with Gasteiger partial charge in [0.15, 0.2) is 0 Å². The van der Waals surface area contributed by atoms with Gasteiger partial charge in [0.1, 0.15) is 0 Å². The fourth-order valence-corrected chi connectivity index (χ4v) is 2.67. The van der Waals surface area contributed by atoms with E-state index in [1.807, 2.05) is 6.92 Å². The van der Waals surface area contributed by atoms with E-state index in [0.717, 1.165) is 13.0 Å². The van der Waals surface area contributed by atoms with Crippen LogP contribution >= 0.6 is 0 Å². The Balaban J connectivity index is 1.68. The number of carbonyl (C=O) groups is 1. The van der Waals surface area contributed by atoms with Crippen LogP contribution in [-0.4, -0.2) is 37.2 Å². The van der Waals surface area contributed by atoms with Crippen molar-refractivity contribution in [1.82, 2.24) is 10.6 Å². The van der Waals surface area contributed by atoms with Crippen molar-refractivity contribution in [2.24, 2.45) is 5.92 Å². The maximum Gasteiger partial charge on any atom is 0.237 e. The van der Waals surface area contributed by atoms with Crippen molar-refractivity contribution in [3.05, 3.63) is 0 Å². The number of nitrogens with one attached hydrogen (secondary N) is 2. The second-order valence-electron chi connectivity index (χ2n) is 4.92. The summed E-state index contributed by atoms with van der Waals surface area (Å²) in [5, 5.41) is 5.93. The van der Waals surface area contributed by atoms with Crippen molar-refractivity contribution < 1.29 is 9.53 Å². The highest BCUT2D eigenvalue weighted by atomic mass is 16.5. The van der Waals surface area contributed by atoms with Crippen LogP contribution in [0.5, 0.6) is 0 Å². The Labute approximate surface area is 102 Å². The molecule has 0 radical (unpaired) electrons. The van der Waals surface area contributed by atoms with Crippen molar-refractivity contribution in [2.75, 3.05) is 13.1 Å². The number of hydrogen-bond acceptors (Lipinski definition) is 3.